The highest BCUT2D eigenvalue weighted by Crippen LogP contribution is 2.27. The first-order valence-corrected chi connectivity index (χ1v) is 8.76. The lowest BCUT2D eigenvalue weighted by Gasteiger charge is -2.22. The third kappa shape index (κ3) is 2.59. The zero-order chi connectivity index (χ0) is 17.5. The van der Waals surface area contributed by atoms with Crippen LogP contribution in [0.15, 0.2) is 36.7 Å². The molecule has 1 aliphatic heterocycles. The molecule has 0 unspecified atom stereocenters. The second-order valence-corrected chi connectivity index (χ2v) is 6.59. The number of hydrogen-bond acceptors (Lipinski definition) is 6. The Hall–Kier alpha value is -3.00. The first kappa shape index (κ1) is 15.3. The molecule has 0 spiro atoms. The molecule has 0 radical (unpaired) electrons. The van der Waals surface area contributed by atoms with Crippen LogP contribution in [0.4, 0.5) is 5.95 Å². The van der Waals surface area contributed by atoms with Crippen LogP contribution in [0, 0.1) is 0 Å². The SMILES string of the molecule is Cn1nnc2ccc(-c3ccn4nc(NC5CCOCC5)ncc34)cc21. The molecule has 0 amide bonds. The lowest BCUT2D eigenvalue weighted by molar-refractivity contribution is 0.0903. The van der Waals surface area contributed by atoms with Crippen molar-refractivity contribution in [3.05, 3.63) is 36.7 Å². The van der Waals surface area contributed by atoms with Gasteiger partial charge in [0.15, 0.2) is 0 Å². The summed E-state index contributed by atoms with van der Waals surface area (Å²) in [6.07, 6.45) is 5.80. The molecule has 132 valence electrons. The van der Waals surface area contributed by atoms with Crippen LogP contribution in [0.1, 0.15) is 12.8 Å². The molecule has 3 aromatic heterocycles. The Bertz CT molecular complexity index is 1080. The van der Waals surface area contributed by atoms with Crippen molar-refractivity contribution in [2.75, 3.05) is 18.5 Å². The van der Waals surface area contributed by atoms with E-state index in [0.717, 1.165) is 53.7 Å². The van der Waals surface area contributed by atoms with E-state index in [9.17, 15) is 0 Å². The Morgan fingerprint density at radius 1 is 1.15 bits per heavy atom. The second-order valence-electron chi connectivity index (χ2n) is 6.59. The van der Waals surface area contributed by atoms with E-state index in [2.05, 4.69) is 43.9 Å². The minimum absolute atomic E-state index is 0.371. The summed E-state index contributed by atoms with van der Waals surface area (Å²) in [6.45, 7) is 1.58. The van der Waals surface area contributed by atoms with Crippen LogP contribution in [-0.4, -0.2) is 48.8 Å². The fourth-order valence-electron chi connectivity index (χ4n) is 3.43. The standard InChI is InChI=1S/C18H19N7O/c1-24-16-10-12(2-3-15(16)21-23-24)14-4-7-25-17(14)11-19-18(22-25)20-13-5-8-26-9-6-13/h2-4,7,10-11,13H,5-6,8-9H2,1H3,(H,20,22). The summed E-state index contributed by atoms with van der Waals surface area (Å²) < 4.78 is 9.05. The van der Waals surface area contributed by atoms with Gasteiger partial charge in [-0.25, -0.2) is 14.2 Å². The molecular formula is C18H19N7O. The lowest BCUT2D eigenvalue weighted by atomic mass is 10.1. The van der Waals surface area contributed by atoms with Crippen LogP contribution in [0.25, 0.3) is 27.7 Å². The Morgan fingerprint density at radius 3 is 2.92 bits per heavy atom. The van der Waals surface area contributed by atoms with Gasteiger partial charge in [0.05, 0.1) is 17.2 Å². The molecule has 0 saturated carbocycles. The van der Waals surface area contributed by atoms with Gasteiger partial charge in [-0.2, -0.15) is 0 Å². The summed E-state index contributed by atoms with van der Waals surface area (Å²) in [5.41, 5.74) is 5.04. The lowest BCUT2D eigenvalue weighted by Crippen LogP contribution is -2.28. The van der Waals surface area contributed by atoms with E-state index in [-0.39, 0.29) is 0 Å². The van der Waals surface area contributed by atoms with Gasteiger partial charge < -0.3 is 10.1 Å². The molecule has 4 heterocycles. The highest BCUT2D eigenvalue weighted by Gasteiger charge is 2.15. The van der Waals surface area contributed by atoms with Crippen molar-refractivity contribution in [3.63, 3.8) is 0 Å². The largest absolute Gasteiger partial charge is 0.381 e. The third-order valence-corrected chi connectivity index (χ3v) is 4.89. The monoisotopic (exact) mass is 349 g/mol. The van der Waals surface area contributed by atoms with Gasteiger partial charge in [0.2, 0.25) is 5.95 Å². The molecule has 1 saturated heterocycles. The smallest absolute Gasteiger partial charge is 0.241 e. The number of nitrogens with one attached hydrogen (secondary N) is 1. The van der Waals surface area contributed by atoms with Gasteiger partial charge in [-0.1, -0.05) is 11.3 Å². The third-order valence-electron chi connectivity index (χ3n) is 4.89. The fourth-order valence-corrected chi connectivity index (χ4v) is 3.43. The van der Waals surface area contributed by atoms with Crippen LogP contribution < -0.4 is 5.32 Å². The minimum Gasteiger partial charge on any atom is -0.381 e. The van der Waals surface area contributed by atoms with Crippen molar-refractivity contribution in [2.24, 2.45) is 7.05 Å². The van der Waals surface area contributed by atoms with E-state index in [1.807, 2.05) is 30.0 Å². The molecule has 0 atom stereocenters. The minimum atomic E-state index is 0.371. The van der Waals surface area contributed by atoms with E-state index in [1.165, 1.54) is 0 Å². The molecule has 0 aliphatic carbocycles. The molecule has 8 heteroatoms. The van der Waals surface area contributed by atoms with Gasteiger partial charge in [0.25, 0.3) is 0 Å². The van der Waals surface area contributed by atoms with Crippen molar-refractivity contribution < 1.29 is 4.74 Å². The van der Waals surface area contributed by atoms with Crippen LogP contribution >= 0.6 is 0 Å². The normalized spacial score (nSPS) is 15.7. The van der Waals surface area contributed by atoms with E-state index in [0.29, 0.717) is 12.0 Å². The Balaban J connectivity index is 1.49. The van der Waals surface area contributed by atoms with E-state index >= 15 is 0 Å². The van der Waals surface area contributed by atoms with Crippen LogP contribution in [0.5, 0.6) is 0 Å². The molecule has 26 heavy (non-hydrogen) atoms. The predicted octanol–water partition coefficient (Wildman–Crippen LogP) is 2.27. The number of hydrogen-bond donors (Lipinski definition) is 1. The zero-order valence-corrected chi connectivity index (χ0v) is 14.5. The van der Waals surface area contributed by atoms with Crippen molar-refractivity contribution in [1.29, 1.82) is 0 Å². The molecule has 1 aromatic carbocycles. The number of rotatable bonds is 3. The van der Waals surface area contributed by atoms with E-state index in [1.54, 1.807) is 4.68 Å². The van der Waals surface area contributed by atoms with Crippen LogP contribution in [-0.2, 0) is 11.8 Å². The van der Waals surface area contributed by atoms with Crippen molar-refractivity contribution >= 4 is 22.5 Å². The molecule has 5 rings (SSSR count). The number of aromatic nitrogens is 6. The summed E-state index contributed by atoms with van der Waals surface area (Å²) in [6, 6.07) is 8.58. The van der Waals surface area contributed by atoms with E-state index in [4.69, 9.17) is 4.74 Å². The summed E-state index contributed by atoms with van der Waals surface area (Å²) in [7, 11) is 1.90. The maximum absolute atomic E-state index is 5.40. The van der Waals surface area contributed by atoms with E-state index < -0.39 is 0 Å². The number of nitrogens with zero attached hydrogens (tertiary/aromatic N) is 6. The highest BCUT2D eigenvalue weighted by atomic mass is 16.5. The maximum Gasteiger partial charge on any atom is 0.241 e. The number of anilines is 1. The Labute approximate surface area is 149 Å². The number of benzene rings is 1. The zero-order valence-electron chi connectivity index (χ0n) is 14.5. The van der Waals surface area contributed by atoms with Crippen molar-refractivity contribution in [1.82, 2.24) is 29.6 Å². The topological polar surface area (TPSA) is 82.2 Å². The maximum atomic E-state index is 5.40. The van der Waals surface area contributed by atoms with Crippen LogP contribution in [0.2, 0.25) is 0 Å². The average molecular weight is 349 g/mol. The van der Waals surface area contributed by atoms with Crippen LogP contribution in [0.3, 0.4) is 0 Å². The van der Waals surface area contributed by atoms with Gasteiger partial charge in [-0.3, -0.25) is 0 Å². The molecule has 4 aromatic rings. The highest BCUT2D eigenvalue weighted by molar-refractivity contribution is 5.87. The summed E-state index contributed by atoms with van der Waals surface area (Å²) in [5.74, 6) is 0.651. The molecule has 1 aliphatic rings. The van der Waals surface area contributed by atoms with Gasteiger partial charge in [0.1, 0.15) is 5.52 Å². The summed E-state index contributed by atoms with van der Waals surface area (Å²) in [4.78, 5) is 4.52. The first-order valence-electron chi connectivity index (χ1n) is 8.76. The number of ether oxygens (including phenoxy) is 1. The van der Waals surface area contributed by atoms with Gasteiger partial charge in [-0.15, -0.1) is 10.2 Å². The first-order chi connectivity index (χ1) is 12.8. The molecule has 1 N–H and O–H groups in total. The van der Waals surface area contributed by atoms with Crippen molar-refractivity contribution in [3.8, 4) is 11.1 Å². The second kappa shape index (κ2) is 6.06. The quantitative estimate of drug-likeness (QED) is 0.611. The Morgan fingerprint density at radius 2 is 2.04 bits per heavy atom. The van der Waals surface area contributed by atoms with Crippen molar-refractivity contribution in [2.45, 2.75) is 18.9 Å². The van der Waals surface area contributed by atoms with Gasteiger partial charge in [-0.05, 0) is 36.6 Å². The Kier molecular flexibility index (Phi) is 3.56. The molecule has 1 fully saturated rings. The van der Waals surface area contributed by atoms with Gasteiger partial charge in [0, 0.05) is 38.1 Å². The molecule has 8 nitrogen and oxygen atoms in total. The number of fused-ring (bicyclic) bond motifs is 2. The number of aryl methyl sites for hydroxylation is 1. The summed E-state index contributed by atoms with van der Waals surface area (Å²) in [5, 5.41) is 16.2. The van der Waals surface area contributed by atoms with Gasteiger partial charge >= 0.3 is 0 Å². The fraction of sp³-hybridized carbons (Fsp3) is 0.333. The average Bonchev–Trinajstić information content (AvgIpc) is 3.26. The summed E-state index contributed by atoms with van der Waals surface area (Å²) >= 11 is 0. The predicted molar refractivity (Wildman–Crippen MR) is 98.0 cm³/mol. The molecule has 0 bridgehead atoms. The molecular weight excluding hydrogens is 330 g/mol.